The van der Waals surface area contributed by atoms with E-state index < -0.39 is 6.09 Å². The number of carbonyl (C=O) groups excluding carboxylic acids is 2. The predicted molar refractivity (Wildman–Crippen MR) is 64.7 cm³/mol. The Morgan fingerprint density at radius 1 is 1.44 bits per heavy atom. The van der Waals surface area contributed by atoms with Gasteiger partial charge in [0.25, 0.3) is 0 Å². The van der Waals surface area contributed by atoms with Crippen LogP contribution in [0.15, 0.2) is 0 Å². The molecule has 1 aromatic rings. The monoisotopic (exact) mass is 255 g/mol. The van der Waals surface area contributed by atoms with E-state index in [9.17, 15) is 9.59 Å². The fourth-order valence-corrected chi connectivity index (χ4v) is 1.40. The Hall–Kier alpha value is -2.25. The molecule has 1 rings (SSSR count). The van der Waals surface area contributed by atoms with E-state index in [-0.39, 0.29) is 25.6 Å². The summed E-state index contributed by atoms with van der Waals surface area (Å²) in [6.45, 7) is 3.88. The van der Waals surface area contributed by atoms with Crippen LogP contribution in [0.3, 0.4) is 0 Å². The summed E-state index contributed by atoms with van der Waals surface area (Å²) in [7, 11) is 0. The van der Waals surface area contributed by atoms with Crippen molar-refractivity contribution in [2.75, 3.05) is 18.9 Å². The Morgan fingerprint density at radius 2 is 2.11 bits per heavy atom. The highest BCUT2D eigenvalue weighted by Crippen LogP contribution is 2.14. The van der Waals surface area contributed by atoms with E-state index in [0.717, 1.165) is 5.69 Å². The lowest BCUT2D eigenvalue weighted by Gasteiger charge is -2.06. The molecule has 1 heterocycles. The van der Waals surface area contributed by atoms with Crippen LogP contribution >= 0.6 is 0 Å². The van der Waals surface area contributed by atoms with E-state index in [4.69, 9.17) is 11.5 Å². The zero-order chi connectivity index (χ0) is 13.7. The molecule has 0 radical (unpaired) electrons. The number of ether oxygens (including phenoxy) is 1. The highest BCUT2D eigenvalue weighted by Gasteiger charge is 2.11. The van der Waals surface area contributed by atoms with Crippen LogP contribution in [-0.2, 0) is 16.1 Å². The van der Waals surface area contributed by atoms with Crippen LogP contribution in [0.2, 0.25) is 0 Å². The standard InChI is InChI=1S/C10H17N5O3/c1-6-9(11)7(2)15(14-6)5-8(16)13-3-4-18-10(12)17/h3-5,11H2,1-2H3,(H2,12,17)(H,13,16). The van der Waals surface area contributed by atoms with Gasteiger partial charge < -0.3 is 21.5 Å². The highest BCUT2D eigenvalue weighted by molar-refractivity contribution is 5.76. The Kier molecular flexibility index (Phi) is 4.52. The van der Waals surface area contributed by atoms with Crippen molar-refractivity contribution in [3.8, 4) is 0 Å². The van der Waals surface area contributed by atoms with Gasteiger partial charge >= 0.3 is 6.09 Å². The van der Waals surface area contributed by atoms with Gasteiger partial charge in [-0.15, -0.1) is 0 Å². The second-order valence-electron chi connectivity index (χ2n) is 3.76. The van der Waals surface area contributed by atoms with Gasteiger partial charge in [0.15, 0.2) is 0 Å². The molecule has 1 aromatic heterocycles. The minimum absolute atomic E-state index is 0.0420. The van der Waals surface area contributed by atoms with Gasteiger partial charge in [-0.1, -0.05) is 0 Å². The summed E-state index contributed by atoms with van der Waals surface area (Å²) in [6, 6.07) is 0. The van der Waals surface area contributed by atoms with Gasteiger partial charge in [0.05, 0.1) is 23.6 Å². The molecule has 0 saturated carbocycles. The van der Waals surface area contributed by atoms with Crippen LogP contribution in [-0.4, -0.2) is 34.9 Å². The topological polar surface area (TPSA) is 125 Å². The van der Waals surface area contributed by atoms with Crippen LogP contribution in [0.5, 0.6) is 0 Å². The summed E-state index contributed by atoms with van der Waals surface area (Å²) in [5, 5.41) is 6.70. The van der Waals surface area contributed by atoms with Gasteiger partial charge in [0.1, 0.15) is 13.2 Å². The van der Waals surface area contributed by atoms with Crippen LogP contribution < -0.4 is 16.8 Å². The molecule has 0 aliphatic heterocycles. The lowest BCUT2D eigenvalue weighted by atomic mass is 10.3. The predicted octanol–water partition coefficient (Wildman–Crippen LogP) is -0.706. The van der Waals surface area contributed by atoms with Crippen LogP contribution in [0.4, 0.5) is 10.5 Å². The van der Waals surface area contributed by atoms with Crippen molar-refractivity contribution in [1.82, 2.24) is 15.1 Å². The second kappa shape index (κ2) is 5.89. The van der Waals surface area contributed by atoms with Gasteiger partial charge in [0, 0.05) is 0 Å². The smallest absolute Gasteiger partial charge is 0.404 e. The number of aryl methyl sites for hydroxylation is 1. The maximum absolute atomic E-state index is 11.5. The lowest BCUT2D eigenvalue weighted by Crippen LogP contribution is -2.32. The molecule has 18 heavy (non-hydrogen) atoms. The van der Waals surface area contributed by atoms with E-state index in [2.05, 4.69) is 15.2 Å². The van der Waals surface area contributed by atoms with Crippen LogP contribution in [0.1, 0.15) is 11.4 Å². The lowest BCUT2D eigenvalue weighted by molar-refractivity contribution is -0.122. The average molecular weight is 255 g/mol. The molecular formula is C10H17N5O3. The molecule has 0 unspecified atom stereocenters. The minimum atomic E-state index is -0.865. The first-order valence-corrected chi connectivity index (χ1v) is 5.40. The molecular weight excluding hydrogens is 238 g/mol. The molecule has 0 atom stereocenters. The Labute approximate surface area is 104 Å². The molecule has 0 aliphatic carbocycles. The van der Waals surface area contributed by atoms with E-state index in [1.165, 1.54) is 4.68 Å². The number of aromatic nitrogens is 2. The third-order valence-corrected chi connectivity index (χ3v) is 2.40. The average Bonchev–Trinajstić information content (AvgIpc) is 2.52. The van der Waals surface area contributed by atoms with Crippen molar-refractivity contribution < 1.29 is 14.3 Å². The number of nitrogen functional groups attached to an aromatic ring is 1. The quantitative estimate of drug-likeness (QED) is 0.599. The van der Waals surface area contributed by atoms with E-state index >= 15 is 0 Å². The second-order valence-corrected chi connectivity index (χ2v) is 3.76. The summed E-state index contributed by atoms with van der Waals surface area (Å²) in [5.74, 6) is -0.242. The van der Waals surface area contributed by atoms with Crippen LogP contribution in [0, 0.1) is 13.8 Å². The third kappa shape index (κ3) is 3.65. The molecule has 0 bridgehead atoms. The molecule has 8 nitrogen and oxygen atoms in total. The number of anilines is 1. The number of nitrogens with two attached hydrogens (primary N) is 2. The zero-order valence-electron chi connectivity index (χ0n) is 10.4. The van der Waals surface area contributed by atoms with Crippen LogP contribution in [0.25, 0.3) is 0 Å². The Bertz CT molecular complexity index is 455. The molecule has 0 fully saturated rings. The number of carbonyl (C=O) groups is 2. The van der Waals surface area contributed by atoms with Crippen molar-refractivity contribution in [2.45, 2.75) is 20.4 Å². The van der Waals surface area contributed by atoms with Gasteiger partial charge in [-0.25, -0.2) is 4.79 Å². The Morgan fingerprint density at radius 3 is 2.61 bits per heavy atom. The van der Waals surface area contributed by atoms with Crippen molar-refractivity contribution >= 4 is 17.7 Å². The van der Waals surface area contributed by atoms with E-state index in [1.54, 1.807) is 13.8 Å². The minimum Gasteiger partial charge on any atom is -0.448 e. The van der Waals surface area contributed by atoms with Crippen molar-refractivity contribution in [1.29, 1.82) is 0 Å². The fraction of sp³-hybridized carbons (Fsp3) is 0.500. The fourth-order valence-electron chi connectivity index (χ4n) is 1.40. The highest BCUT2D eigenvalue weighted by atomic mass is 16.5. The first-order valence-electron chi connectivity index (χ1n) is 5.40. The normalized spacial score (nSPS) is 10.1. The number of hydrogen-bond donors (Lipinski definition) is 3. The van der Waals surface area contributed by atoms with Gasteiger partial charge in [-0.3, -0.25) is 9.48 Å². The van der Waals surface area contributed by atoms with Crippen molar-refractivity contribution in [2.24, 2.45) is 5.73 Å². The number of nitrogens with zero attached hydrogens (tertiary/aromatic N) is 2. The summed E-state index contributed by atoms with van der Waals surface area (Å²) in [6.07, 6.45) is -0.865. The number of amides is 2. The number of nitrogens with one attached hydrogen (secondary N) is 1. The van der Waals surface area contributed by atoms with Gasteiger partial charge in [0.2, 0.25) is 5.91 Å². The molecule has 0 aliphatic rings. The van der Waals surface area contributed by atoms with Gasteiger partial charge in [-0.2, -0.15) is 5.10 Å². The molecule has 2 amide bonds. The first-order chi connectivity index (χ1) is 8.41. The number of primary amides is 1. The van der Waals surface area contributed by atoms with E-state index in [1.807, 2.05) is 0 Å². The van der Waals surface area contributed by atoms with Gasteiger partial charge in [-0.05, 0) is 13.8 Å². The Balaban J connectivity index is 2.40. The summed E-state index contributed by atoms with van der Waals surface area (Å²) in [4.78, 5) is 21.8. The SMILES string of the molecule is Cc1nn(CC(=O)NCCOC(N)=O)c(C)c1N. The summed E-state index contributed by atoms with van der Waals surface area (Å²) >= 11 is 0. The largest absolute Gasteiger partial charge is 0.448 e. The van der Waals surface area contributed by atoms with Crippen molar-refractivity contribution in [3.05, 3.63) is 11.4 Å². The third-order valence-electron chi connectivity index (χ3n) is 2.40. The maximum Gasteiger partial charge on any atom is 0.404 e. The first kappa shape index (κ1) is 13.8. The number of rotatable bonds is 5. The molecule has 100 valence electrons. The molecule has 8 heteroatoms. The summed E-state index contributed by atoms with van der Waals surface area (Å²) in [5.41, 5.74) is 12.5. The molecule has 0 aromatic carbocycles. The molecule has 0 saturated heterocycles. The zero-order valence-corrected chi connectivity index (χ0v) is 10.4. The maximum atomic E-state index is 11.5. The van der Waals surface area contributed by atoms with Crippen molar-refractivity contribution in [3.63, 3.8) is 0 Å². The summed E-state index contributed by atoms with van der Waals surface area (Å²) < 4.78 is 5.99. The molecule has 5 N–H and O–H groups in total. The number of hydrogen-bond acceptors (Lipinski definition) is 5. The molecule has 0 spiro atoms. The van der Waals surface area contributed by atoms with E-state index in [0.29, 0.717) is 11.4 Å².